The van der Waals surface area contributed by atoms with Gasteiger partial charge in [0.15, 0.2) is 5.60 Å². The third-order valence-corrected chi connectivity index (χ3v) is 5.85. The van der Waals surface area contributed by atoms with Crippen LogP contribution in [0, 0.1) is 0 Å². The van der Waals surface area contributed by atoms with E-state index in [1.165, 1.54) is 6.08 Å². The quantitative estimate of drug-likeness (QED) is 0.810. The van der Waals surface area contributed by atoms with Crippen LogP contribution in [0.3, 0.4) is 0 Å². The summed E-state index contributed by atoms with van der Waals surface area (Å²) in [4.78, 5) is 13.1. The summed E-state index contributed by atoms with van der Waals surface area (Å²) in [6, 6.07) is 8.83. The number of amides is 1. The largest absolute Gasteiger partial charge is 0.417 e. The van der Waals surface area contributed by atoms with Crippen molar-refractivity contribution in [3.05, 3.63) is 41.3 Å². The summed E-state index contributed by atoms with van der Waals surface area (Å²) >= 11 is 0. The second-order valence-electron chi connectivity index (χ2n) is 6.49. The third kappa shape index (κ3) is 5.53. The molecule has 1 aliphatic rings. The Morgan fingerprint density at radius 2 is 1.70 bits per heavy atom. The van der Waals surface area contributed by atoms with E-state index in [0.29, 0.717) is 12.5 Å². The van der Waals surface area contributed by atoms with Crippen LogP contribution in [-0.4, -0.2) is 66.6 Å². The number of piperazine rings is 1. The lowest BCUT2D eigenvalue weighted by molar-refractivity contribution is -0.254. The van der Waals surface area contributed by atoms with Gasteiger partial charge in [0.05, 0.1) is 6.42 Å². The van der Waals surface area contributed by atoms with Crippen molar-refractivity contribution >= 4 is 22.0 Å². The molecule has 1 aromatic carbocycles. The molecule has 0 saturated carbocycles. The molecule has 1 heterocycles. The molecule has 0 aromatic heterocycles. The number of rotatable bonds is 5. The maximum absolute atomic E-state index is 12.7. The van der Waals surface area contributed by atoms with Crippen molar-refractivity contribution in [2.45, 2.75) is 25.1 Å². The van der Waals surface area contributed by atoms with Crippen LogP contribution in [0.4, 0.5) is 13.2 Å². The van der Waals surface area contributed by atoms with Crippen molar-refractivity contribution in [1.82, 2.24) is 9.21 Å². The van der Waals surface area contributed by atoms with Crippen LogP contribution in [0.25, 0.3) is 6.08 Å². The fraction of sp³-hybridized carbons (Fsp3) is 0.471. The van der Waals surface area contributed by atoms with Gasteiger partial charge in [-0.1, -0.05) is 30.3 Å². The first-order chi connectivity index (χ1) is 12.4. The van der Waals surface area contributed by atoms with E-state index in [1.807, 2.05) is 0 Å². The van der Waals surface area contributed by atoms with Gasteiger partial charge in [-0.05, 0) is 18.6 Å². The number of aliphatic hydroxyl groups is 1. The molecule has 27 heavy (non-hydrogen) atoms. The number of hydrogen-bond donors (Lipinski definition) is 1. The number of hydrogen-bond acceptors (Lipinski definition) is 4. The van der Waals surface area contributed by atoms with Gasteiger partial charge in [-0.15, -0.1) is 0 Å². The molecule has 0 bridgehead atoms. The van der Waals surface area contributed by atoms with Crippen molar-refractivity contribution in [3.8, 4) is 0 Å². The summed E-state index contributed by atoms with van der Waals surface area (Å²) in [5, 5.41) is 10.5. The summed E-state index contributed by atoms with van der Waals surface area (Å²) in [6.07, 6.45) is -4.57. The standard InChI is InChI=1S/C17H21F3N2O4S/c1-16(24,17(18,19)20)13-15(23)21-8-10-22(11-9-21)27(25,26)12-7-14-5-3-2-4-6-14/h2-7,12,24H,8-11,13H2,1H3/b12-7+/t16-/m0/s1. The smallest absolute Gasteiger partial charge is 0.380 e. The molecule has 1 aromatic rings. The Kier molecular flexibility index (Phi) is 6.33. The molecule has 1 fully saturated rings. The molecule has 0 radical (unpaired) electrons. The molecule has 1 N–H and O–H groups in total. The van der Waals surface area contributed by atoms with E-state index >= 15 is 0 Å². The molecule has 0 spiro atoms. The second kappa shape index (κ2) is 7.99. The molecule has 1 saturated heterocycles. The van der Waals surface area contributed by atoms with Crippen LogP contribution < -0.4 is 0 Å². The van der Waals surface area contributed by atoms with Gasteiger partial charge >= 0.3 is 6.18 Å². The molecule has 2 rings (SSSR count). The van der Waals surface area contributed by atoms with Crippen molar-refractivity contribution in [1.29, 1.82) is 0 Å². The highest BCUT2D eigenvalue weighted by atomic mass is 32.2. The van der Waals surface area contributed by atoms with Crippen LogP contribution in [-0.2, 0) is 14.8 Å². The van der Waals surface area contributed by atoms with E-state index < -0.39 is 34.1 Å². The minimum atomic E-state index is -4.92. The van der Waals surface area contributed by atoms with Crippen LogP contribution in [0.1, 0.15) is 18.9 Å². The highest BCUT2D eigenvalue weighted by Crippen LogP contribution is 2.33. The van der Waals surface area contributed by atoms with E-state index in [0.717, 1.165) is 14.6 Å². The zero-order valence-electron chi connectivity index (χ0n) is 14.7. The first-order valence-corrected chi connectivity index (χ1v) is 9.73. The maximum atomic E-state index is 12.7. The van der Waals surface area contributed by atoms with Gasteiger partial charge in [-0.25, -0.2) is 8.42 Å². The van der Waals surface area contributed by atoms with E-state index in [-0.39, 0.29) is 26.2 Å². The second-order valence-corrected chi connectivity index (χ2v) is 8.31. The van der Waals surface area contributed by atoms with Gasteiger partial charge in [-0.3, -0.25) is 4.79 Å². The normalized spacial score (nSPS) is 19.2. The number of halogens is 3. The molecule has 6 nitrogen and oxygen atoms in total. The average molecular weight is 406 g/mol. The number of carbonyl (C=O) groups is 1. The minimum absolute atomic E-state index is 0.0264. The lowest BCUT2D eigenvalue weighted by Crippen LogP contribution is -2.53. The van der Waals surface area contributed by atoms with Crippen molar-refractivity contribution in [2.75, 3.05) is 26.2 Å². The Bertz CT molecular complexity index is 784. The average Bonchev–Trinajstić information content (AvgIpc) is 2.60. The number of carbonyl (C=O) groups excluding carboxylic acids is 1. The molecular formula is C17H21F3N2O4S. The number of nitrogens with zero attached hydrogens (tertiary/aromatic N) is 2. The lowest BCUT2D eigenvalue weighted by Gasteiger charge is -2.35. The number of sulfonamides is 1. The topological polar surface area (TPSA) is 77.9 Å². The van der Waals surface area contributed by atoms with Gasteiger partial charge in [0, 0.05) is 31.6 Å². The van der Waals surface area contributed by atoms with Crippen molar-refractivity contribution in [3.63, 3.8) is 0 Å². The van der Waals surface area contributed by atoms with E-state index in [2.05, 4.69) is 0 Å². The Labute approximate surface area is 155 Å². The predicted molar refractivity (Wildman–Crippen MR) is 93.8 cm³/mol. The zero-order chi connectivity index (χ0) is 20.3. The van der Waals surface area contributed by atoms with Gasteiger partial charge in [0.25, 0.3) is 0 Å². The van der Waals surface area contributed by atoms with Gasteiger partial charge in [0.2, 0.25) is 15.9 Å². The Hall–Kier alpha value is -1.91. The summed E-state index contributed by atoms with van der Waals surface area (Å²) < 4.78 is 63.9. The molecular weight excluding hydrogens is 385 g/mol. The summed E-state index contributed by atoms with van der Waals surface area (Å²) in [5.74, 6) is -0.866. The molecule has 1 aliphatic heterocycles. The maximum Gasteiger partial charge on any atom is 0.417 e. The Morgan fingerprint density at radius 1 is 1.15 bits per heavy atom. The molecule has 1 atom stereocenters. The highest BCUT2D eigenvalue weighted by molar-refractivity contribution is 7.92. The van der Waals surface area contributed by atoms with Gasteiger partial charge < -0.3 is 10.0 Å². The molecule has 10 heteroatoms. The highest BCUT2D eigenvalue weighted by Gasteiger charge is 2.51. The first kappa shape index (κ1) is 21.4. The summed E-state index contributed by atoms with van der Waals surface area (Å²) in [5.41, 5.74) is -2.41. The lowest BCUT2D eigenvalue weighted by atomic mass is 10.0. The molecule has 150 valence electrons. The Morgan fingerprint density at radius 3 is 2.22 bits per heavy atom. The Balaban J connectivity index is 1.94. The fourth-order valence-electron chi connectivity index (χ4n) is 2.51. The van der Waals surface area contributed by atoms with Gasteiger partial charge in [0.1, 0.15) is 0 Å². The van der Waals surface area contributed by atoms with Crippen LogP contribution >= 0.6 is 0 Å². The first-order valence-electron chi connectivity index (χ1n) is 8.22. The third-order valence-electron chi connectivity index (χ3n) is 4.29. The summed E-state index contributed by atoms with van der Waals surface area (Å²) in [7, 11) is -3.70. The summed E-state index contributed by atoms with van der Waals surface area (Å²) in [6.45, 7) is 0.416. The monoisotopic (exact) mass is 406 g/mol. The van der Waals surface area contributed by atoms with E-state index in [9.17, 15) is 31.5 Å². The minimum Gasteiger partial charge on any atom is -0.380 e. The van der Waals surface area contributed by atoms with Crippen LogP contribution in [0.15, 0.2) is 35.7 Å². The van der Waals surface area contributed by atoms with Gasteiger partial charge in [-0.2, -0.15) is 17.5 Å². The molecule has 0 aliphatic carbocycles. The predicted octanol–water partition coefficient (Wildman–Crippen LogP) is 1.83. The SMILES string of the molecule is C[C@](O)(CC(=O)N1CCN(S(=O)(=O)/C=C/c2ccccc2)CC1)C(F)(F)F. The van der Waals surface area contributed by atoms with E-state index in [1.54, 1.807) is 30.3 Å². The number of alkyl halides is 3. The number of benzene rings is 1. The van der Waals surface area contributed by atoms with E-state index in [4.69, 9.17) is 0 Å². The van der Waals surface area contributed by atoms with Crippen LogP contribution in [0.2, 0.25) is 0 Å². The fourth-order valence-corrected chi connectivity index (χ4v) is 3.69. The zero-order valence-corrected chi connectivity index (χ0v) is 15.5. The molecule has 1 amide bonds. The van der Waals surface area contributed by atoms with Crippen molar-refractivity contribution in [2.24, 2.45) is 0 Å². The van der Waals surface area contributed by atoms with Crippen molar-refractivity contribution < 1.29 is 31.5 Å². The molecule has 0 unspecified atom stereocenters. The van der Waals surface area contributed by atoms with Crippen LogP contribution in [0.5, 0.6) is 0 Å².